The molecule has 18 heavy (non-hydrogen) atoms. The Morgan fingerprint density at radius 2 is 2.06 bits per heavy atom. The lowest BCUT2D eigenvalue weighted by Gasteiger charge is -2.23. The summed E-state index contributed by atoms with van der Waals surface area (Å²) in [5.41, 5.74) is -0.102. The van der Waals surface area contributed by atoms with E-state index in [0.717, 1.165) is 0 Å². The van der Waals surface area contributed by atoms with E-state index in [-0.39, 0.29) is 29.1 Å². The molecule has 0 aliphatic heterocycles. The lowest BCUT2D eigenvalue weighted by atomic mass is 9.84. The molecule has 0 aromatic rings. The first-order valence-electron chi connectivity index (χ1n) is 5.20. The summed E-state index contributed by atoms with van der Waals surface area (Å²) in [4.78, 5) is 33.1. The number of carboxylic acid groups (broad SMARTS) is 2. The van der Waals surface area contributed by atoms with Crippen LogP contribution in [0.25, 0.3) is 0 Å². The number of ether oxygens (including phenoxy) is 1. The molecule has 0 saturated carbocycles. The molecule has 1 aliphatic rings. The summed E-state index contributed by atoms with van der Waals surface area (Å²) in [5.74, 6) is -2.75. The molecule has 0 aromatic carbocycles. The summed E-state index contributed by atoms with van der Waals surface area (Å²) in [6.45, 7) is 3.16. The second kappa shape index (κ2) is 5.33. The Morgan fingerprint density at radius 1 is 1.44 bits per heavy atom. The summed E-state index contributed by atoms with van der Waals surface area (Å²) in [5, 5.41) is 18.1. The Bertz CT molecular complexity index is 505. The molecule has 6 nitrogen and oxygen atoms in total. The van der Waals surface area contributed by atoms with E-state index in [1.807, 2.05) is 0 Å². The molecule has 0 radical (unpaired) electrons. The number of hydrogen-bond donors (Lipinski definition) is 2. The van der Waals surface area contributed by atoms with E-state index < -0.39 is 17.9 Å². The third kappa shape index (κ3) is 2.33. The van der Waals surface area contributed by atoms with Gasteiger partial charge in [-0.15, -0.1) is 0 Å². The maximum atomic E-state index is 11.2. The van der Waals surface area contributed by atoms with E-state index in [4.69, 9.17) is 14.9 Å². The van der Waals surface area contributed by atoms with Crippen molar-refractivity contribution in [3.63, 3.8) is 0 Å². The van der Waals surface area contributed by atoms with Crippen LogP contribution in [-0.4, -0.2) is 34.7 Å². The van der Waals surface area contributed by atoms with Crippen LogP contribution in [0.3, 0.4) is 0 Å². The molecular weight excluding hydrogens is 240 g/mol. The molecule has 1 aliphatic carbocycles. The van der Waals surface area contributed by atoms with Crippen LogP contribution in [0.1, 0.15) is 13.8 Å². The standard InChI is InChI=1S/C12H12O6/c1-3-18-10-7(11(14)15)4-6(2)8(5-13)9(10)12(16)17/h4,9H,3H2,1-2H3,(H,14,15)(H,16,17). The maximum absolute atomic E-state index is 11.2. The maximum Gasteiger partial charge on any atom is 0.339 e. The van der Waals surface area contributed by atoms with E-state index >= 15 is 0 Å². The van der Waals surface area contributed by atoms with Gasteiger partial charge < -0.3 is 14.9 Å². The number of rotatable bonds is 4. The van der Waals surface area contributed by atoms with Crippen molar-refractivity contribution in [2.75, 3.05) is 6.61 Å². The van der Waals surface area contributed by atoms with Crippen molar-refractivity contribution in [3.8, 4) is 0 Å². The third-order valence-electron chi connectivity index (χ3n) is 2.49. The highest BCUT2D eigenvalue weighted by atomic mass is 16.5. The van der Waals surface area contributed by atoms with Gasteiger partial charge in [-0.2, -0.15) is 0 Å². The van der Waals surface area contributed by atoms with Crippen LogP contribution in [-0.2, 0) is 19.1 Å². The Kier molecular flexibility index (Phi) is 4.07. The molecule has 0 heterocycles. The molecule has 1 unspecified atom stereocenters. The van der Waals surface area contributed by atoms with Crippen molar-refractivity contribution in [2.24, 2.45) is 5.92 Å². The van der Waals surface area contributed by atoms with Crippen molar-refractivity contribution in [3.05, 3.63) is 28.6 Å². The van der Waals surface area contributed by atoms with Gasteiger partial charge in [0, 0.05) is 0 Å². The first kappa shape index (κ1) is 13.7. The highest BCUT2D eigenvalue weighted by Gasteiger charge is 2.37. The van der Waals surface area contributed by atoms with Gasteiger partial charge in [0.25, 0.3) is 0 Å². The van der Waals surface area contributed by atoms with Crippen molar-refractivity contribution < 1.29 is 29.3 Å². The van der Waals surface area contributed by atoms with Crippen LogP contribution in [0.4, 0.5) is 0 Å². The lowest BCUT2D eigenvalue weighted by Crippen LogP contribution is -2.27. The van der Waals surface area contributed by atoms with Gasteiger partial charge >= 0.3 is 11.9 Å². The first-order valence-corrected chi connectivity index (χ1v) is 5.20. The van der Waals surface area contributed by atoms with Gasteiger partial charge in [-0.25, -0.2) is 9.59 Å². The summed E-state index contributed by atoms with van der Waals surface area (Å²) in [6, 6.07) is 0. The molecular formula is C12H12O6. The van der Waals surface area contributed by atoms with Crippen LogP contribution >= 0.6 is 0 Å². The van der Waals surface area contributed by atoms with E-state index in [1.165, 1.54) is 13.0 Å². The monoisotopic (exact) mass is 252 g/mol. The van der Waals surface area contributed by atoms with Crippen LogP contribution in [0, 0.1) is 5.92 Å². The number of carbonyl (C=O) groups excluding carboxylic acids is 1. The van der Waals surface area contributed by atoms with Crippen molar-refractivity contribution in [2.45, 2.75) is 13.8 Å². The fourth-order valence-corrected chi connectivity index (χ4v) is 1.74. The van der Waals surface area contributed by atoms with Gasteiger partial charge in [0.2, 0.25) is 0 Å². The second-order valence-corrected chi connectivity index (χ2v) is 3.63. The number of allylic oxidation sites excluding steroid dienone is 1. The van der Waals surface area contributed by atoms with Gasteiger partial charge in [-0.3, -0.25) is 4.79 Å². The Labute approximate surface area is 103 Å². The highest BCUT2D eigenvalue weighted by molar-refractivity contribution is 5.96. The molecule has 0 amide bonds. The number of carboxylic acids is 2. The largest absolute Gasteiger partial charge is 0.496 e. The van der Waals surface area contributed by atoms with Gasteiger partial charge in [0.1, 0.15) is 11.7 Å². The van der Waals surface area contributed by atoms with Crippen LogP contribution in [0.15, 0.2) is 28.6 Å². The van der Waals surface area contributed by atoms with Crippen molar-refractivity contribution in [1.82, 2.24) is 0 Å². The SMILES string of the molecule is CCOC1=C(C(=O)O)C=C(C)C(=C=O)C1C(=O)O. The fourth-order valence-electron chi connectivity index (χ4n) is 1.74. The van der Waals surface area contributed by atoms with Crippen LogP contribution in [0.5, 0.6) is 0 Å². The lowest BCUT2D eigenvalue weighted by molar-refractivity contribution is -0.140. The molecule has 6 heteroatoms. The molecule has 0 saturated heterocycles. The Balaban J connectivity index is 3.51. The first-order chi connectivity index (χ1) is 8.43. The summed E-state index contributed by atoms with van der Waals surface area (Å²) < 4.78 is 5.08. The zero-order valence-electron chi connectivity index (χ0n) is 9.89. The van der Waals surface area contributed by atoms with E-state index in [1.54, 1.807) is 12.9 Å². The minimum absolute atomic E-state index is 0.106. The van der Waals surface area contributed by atoms with Gasteiger partial charge in [0.05, 0.1) is 17.8 Å². The van der Waals surface area contributed by atoms with E-state index in [9.17, 15) is 14.4 Å². The quantitative estimate of drug-likeness (QED) is 0.717. The zero-order chi connectivity index (χ0) is 13.9. The summed E-state index contributed by atoms with van der Waals surface area (Å²) in [6.07, 6.45) is 1.22. The highest BCUT2D eigenvalue weighted by Crippen LogP contribution is 2.33. The summed E-state index contributed by atoms with van der Waals surface area (Å²) >= 11 is 0. The van der Waals surface area contributed by atoms with E-state index in [0.29, 0.717) is 0 Å². The minimum atomic E-state index is -1.42. The van der Waals surface area contributed by atoms with Crippen LogP contribution < -0.4 is 0 Å². The number of aliphatic carboxylic acids is 2. The number of hydrogen-bond acceptors (Lipinski definition) is 4. The molecule has 1 rings (SSSR count). The predicted molar refractivity (Wildman–Crippen MR) is 60.4 cm³/mol. The molecule has 1 atom stereocenters. The van der Waals surface area contributed by atoms with E-state index in [2.05, 4.69) is 0 Å². The average molecular weight is 252 g/mol. The Hall–Kier alpha value is -2.33. The third-order valence-corrected chi connectivity index (χ3v) is 2.49. The molecule has 2 N–H and O–H groups in total. The van der Waals surface area contributed by atoms with Crippen molar-refractivity contribution in [1.29, 1.82) is 0 Å². The molecule has 0 spiro atoms. The van der Waals surface area contributed by atoms with Crippen molar-refractivity contribution >= 4 is 17.9 Å². The van der Waals surface area contributed by atoms with Gasteiger partial charge in [-0.1, -0.05) is 0 Å². The normalized spacial score (nSPS) is 19.1. The van der Waals surface area contributed by atoms with Gasteiger partial charge in [-0.05, 0) is 25.5 Å². The van der Waals surface area contributed by atoms with Crippen LogP contribution in [0.2, 0.25) is 0 Å². The summed E-state index contributed by atoms with van der Waals surface area (Å²) in [7, 11) is 0. The zero-order valence-corrected chi connectivity index (χ0v) is 9.89. The average Bonchev–Trinajstić information content (AvgIpc) is 2.29. The number of carbonyl (C=O) groups is 2. The Morgan fingerprint density at radius 3 is 2.44 bits per heavy atom. The predicted octanol–water partition coefficient (Wildman–Crippen LogP) is 0.780. The topological polar surface area (TPSA) is 101 Å². The fraction of sp³-hybridized carbons (Fsp3) is 0.333. The smallest absolute Gasteiger partial charge is 0.339 e. The molecule has 96 valence electrons. The second-order valence-electron chi connectivity index (χ2n) is 3.63. The molecule has 0 fully saturated rings. The molecule has 0 aromatic heterocycles. The van der Waals surface area contributed by atoms with Gasteiger partial charge in [0.15, 0.2) is 5.92 Å². The molecule has 0 bridgehead atoms. The minimum Gasteiger partial charge on any atom is -0.496 e.